The van der Waals surface area contributed by atoms with E-state index in [1.54, 1.807) is 5.56 Å². The number of hydrogen-bond acceptors (Lipinski definition) is 1. The van der Waals surface area contributed by atoms with Crippen LogP contribution < -0.4 is 0 Å². The highest BCUT2D eigenvalue weighted by molar-refractivity contribution is 5.87. The van der Waals surface area contributed by atoms with Crippen LogP contribution in [0.4, 0.5) is 0 Å². The van der Waals surface area contributed by atoms with Crippen molar-refractivity contribution in [2.75, 3.05) is 13.6 Å². The smallest absolute Gasteiger partial charge is 0.0483 e. The summed E-state index contributed by atoms with van der Waals surface area (Å²) in [7, 11) is 2.28. The molecule has 1 aromatic carbocycles. The molecule has 1 fully saturated rings. The topological polar surface area (TPSA) is 19.0 Å². The van der Waals surface area contributed by atoms with E-state index in [1.165, 1.54) is 48.0 Å². The monoisotopic (exact) mass is 226 g/mol. The molecule has 88 valence electrons. The van der Waals surface area contributed by atoms with Crippen molar-refractivity contribution in [1.82, 2.24) is 9.88 Å². The van der Waals surface area contributed by atoms with Gasteiger partial charge in [-0.2, -0.15) is 0 Å². The number of aromatic amines is 1. The molecule has 17 heavy (non-hydrogen) atoms. The van der Waals surface area contributed by atoms with Crippen molar-refractivity contribution in [2.24, 2.45) is 0 Å². The van der Waals surface area contributed by atoms with Crippen LogP contribution in [0.2, 0.25) is 0 Å². The van der Waals surface area contributed by atoms with Crippen LogP contribution in [-0.2, 0) is 12.0 Å². The first-order valence-electron chi connectivity index (χ1n) is 6.54. The molecule has 0 amide bonds. The van der Waals surface area contributed by atoms with Gasteiger partial charge in [0.1, 0.15) is 0 Å². The van der Waals surface area contributed by atoms with Gasteiger partial charge < -0.3 is 4.98 Å². The van der Waals surface area contributed by atoms with Crippen LogP contribution in [0, 0.1) is 6.92 Å². The number of fused-ring (bicyclic) bond motifs is 4. The van der Waals surface area contributed by atoms with Crippen LogP contribution in [0.1, 0.15) is 29.7 Å². The van der Waals surface area contributed by atoms with Crippen LogP contribution in [0.15, 0.2) is 18.2 Å². The summed E-state index contributed by atoms with van der Waals surface area (Å²) in [6.07, 6.45) is 3.83. The highest BCUT2D eigenvalue weighted by atomic mass is 15.2. The minimum Gasteiger partial charge on any atom is -0.358 e. The maximum absolute atomic E-state index is 3.63. The van der Waals surface area contributed by atoms with Gasteiger partial charge in [0.25, 0.3) is 0 Å². The van der Waals surface area contributed by atoms with Crippen molar-refractivity contribution < 1.29 is 0 Å². The van der Waals surface area contributed by atoms with E-state index in [4.69, 9.17) is 0 Å². The molecular formula is C15H18N2. The van der Waals surface area contributed by atoms with E-state index < -0.39 is 0 Å². The normalized spacial score (nSPS) is 22.0. The van der Waals surface area contributed by atoms with Gasteiger partial charge in [-0.1, -0.05) is 11.6 Å². The maximum atomic E-state index is 3.63. The Morgan fingerprint density at radius 2 is 2.12 bits per heavy atom. The summed E-state index contributed by atoms with van der Waals surface area (Å²) in [5, 5.41) is 1.46. The Labute approximate surface area is 102 Å². The van der Waals surface area contributed by atoms with E-state index >= 15 is 0 Å². The molecule has 0 saturated heterocycles. The summed E-state index contributed by atoms with van der Waals surface area (Å²) in [5.41, 5.74) is 6.15. The highest BCUT2D eigenvalue weighted by Gasteiger charge is 2.52. The molecule has 1 spiro atoms. The maximum Gasteiger partial charge on any atom is 0.0483 e. The van der Waals surface area contributed by atoms with Crippen LogP contribution in [-0.4, -0.2) is 23.5 Å². The summed E-state index contributed by atoms with van der Waals surface area (Å²) < 4.78 is 0. The van der Waals surface area contributed by atoms with Crippen molar-refractivity contribution in [3.05, 3.63) is 35.0 Å². The molecule has 2 nitrogen and oxygen atoms in total. The molecule has 1 saturated carbocycles. The minimum absolute atomic E-state index is 0.375. The average molecular weight is 226 g/mol. The van der Waals surface area contributed by atoms with Gasteiger partial charge in [0, 0.05) is 40.7 Å². The van der Waals surface area contributed by atoms with Gasteiger partial charge in [-0.25, -0.2) is 0 Å². The number of nitrogens with zero attached hydrogens (tertiary/aromatic N) is 1. The molecule has 2 aromatic rings. The molecule has 4 rings (SSSR count). The van der Waals surface area contributed by atoms with E-state index in [0.29, 0.717) is 5.54 Å². The molecule has 1 aliphatic heterocycles. The van der Waals surface area contributed by atoms with Gasteiger partial charge in [-0.3, -0.25) is 4.90 Å². The molecule has 2 heteroatoms. The van der Waals surface area contributed by atoms with Gasteiger partial charge in [0.2, 0.25) is 0 Å². The Morgan fingerprint density at radius 3 is 2.88 bits per heavy atom. The lowest BCUT2D eigenvalue weighted by Crippen LogP contribution is -2.37. The number of aromatic nitrogens is 1. The summed E-state index contributed by atoms with van der Waals surface area (Å²) in [4.78, 5) is 6.19. The molecule has 1 N–H and O–H groups in total. The standard InChI is InChI=1S/C15H18N2/c1-10-3-4-12-11(9-10)14-13(16-12)5-8-17(2)15(14)6-7-15/h3-4,9,16H,5-8H2,1-2H3. The third-order valence-electron chi connectivity index (χ3n) is 4.65. The van der Waals surface area contributed by atoms with Crippen molar-refractivity contribution in [2.45, 2.75) is 31.7 Å². The quantitative estimate of drug-likeness (QED) is 0.731. The average Bonchev–Trinajstić information content (AvgIpc) is 3.01. The molecular weight excluding hydrogens is 208 g/mol. The first-order valence-corrected chi connectivity index (χ1v) is 6.54. The van der Waals surface area contributed by atoms with E-state index in [2.05, 4.69) is 42.1 Å². The predicted octanol–water partition coefficient (Wildman–Crippen LogP) is 2.95. The highest BCUT2D eigenvalue weighted by Crippen LogP contribution is 2.55. The van der Waals surface area contributed by atoms with Gasteiger partial charge in [0.05, 0.1) is 0 Å². The van der Waals surface area contributed by atoms with E-state index in [0.717, 1.165) is 0 Å². The molecule has 1 aromatic heterocycles. The van der Waals surface area contributed by atoms with Crippen molar-refractivity contribution >= 4 is 10.9 Å². The summed E-state index contributed by atoms with van der Waals surface area (Å²) in [6.45, 7) is 3.38. The number of aryl methyl sites for hydroxylation is 1. The first-order chi connectivity index (χ1) is 8.21. The first kappa shape index (κ1) is 9.72. The van der Waals surface area contributed by atoms with Crippen molar-refractivity contribution in [3.63, 3.8) is 0 Å². The zero-order chi connectivity index (χ0) is 11.6. The number of hydrogen-bond donors (Lipinski definition) is 1. The van der Waals surface area contributed by atoms with E-state index in [1.807, 2.05) is 0 Å². The fourth-order valence-electron chi connectivity index (χ4n) is 3.52. The number of rotatable bonds is 0. The Morgan fingerprint density at radius 1 is 1.29 bits per heavy atom. The number of nitrogens with one attached hydrogen (secondary N) is 1. The second-order valence-electron chi connectivity index (χ2n) is 5.73. The van der Waals surface area contributed by atoms with Crippen LogP contribution in [0.25, 0.3) is 10.9 Å². The van der Waals surface area contributed by atoms with Gasteiger partial charge in [-0.15, -0.1) is 0 Å². The minimum atomic E-state index is 0.375. The SMILES string of the molecule is Cc1ccc2[nH]c3c(c2c1)C1(CC1)N(C)CC3. The Balaban J connectivity index is 2.06. The summed E-state index contributed by atoms with van der Waals surface area (Å²) >= 11 is 0. The van der Waals surface area contributed by atoms with Gasteiger partial charge in [-0.05, 0) is 38.9 Å². The lowest BCUT2D eigenvalue weighted by atomic mass is 9.93. The molecule has 1 aliphatic carbocycles. The van der Waals surface area contributed by atoms with Crippen LogP contribution >= 0.6 is 0 Å². The lowest BCUT2D eigenvalue weighted by Gasteiger charge is -2.33. The zero-order valence-electron chi connectivity index (χ0n) is 10.5. The molecule has 0 bridgehead atoms. The van der Waals surface area contributed by atoms with Crippen LogP contribution in [0.3, 0.4) is 0 Å². The molecule has 0 unspecified atom stereocenters. The second kappa shape index (κ2) is 2.94. The fourth-order valence-corrected chi connectivity index (χ4v) is 3.52. The Hall–Kier alpha value is -1.28. The number of likely N-dealkylation sites (N-methyl/N-ethyl adjacent to an activating group) is 1. The van der Waals surface area contributed by atoms with Gasteiger partial charge >= 0.3 is 0 Å². The zero-order valence-corrected chi connectivity index (χ0v) is 10.5. The third-order valence-corrected chi connectivity index (χ3v) is 4.65. The van der Waals surface area contributed by atoms with Gasteiger partial charge in [0.15, 0.2) is 0 Å². The molecule has 0 atom stereocenters. The van der Waals surface area contributed by atoms with Crippen LogP contribution in [0.5, 0.6) is 0 Å². The Kier molecular flexibility index (Phi) is 1.68. The van der Waals surface area contributed by atoms with Crippen molar-refractivity contribution in [1.29, 1.82) is 0 Å². The number of benzene rings is 1. The van der Waals surface area contributed by atoms with E-state index in [-0.39, 0.29) is 0 Å². The molecule has 2 aliphatic rings. The predicted molar refractivity (Wildman–Crippen MR) is 70.3 cm³/mol. The lowest BCUT2D eigenvalue weighted by molar-refractivity contribution is 0.209. The summed E-state index contributed by atoms with van der Waals surface area (Å²) in [5.74, 6) is 0. The third kappa shape index (κ3) is 1.14. The number of H-pyrrole nitrogens is 1. The second-order valence-corrected chi connectivity index (χ2v) is 5.73. The summed E-state index contributed by atoms with van der Waals surface area (Å²) in [6, 6.07) is 6.79. The molecule has 2 heterocycles. The fraction of sp³-hybridized carbons (Fsp3) is 0.467. The van der Waals surface area contributed by atoms with Crippen molar-refractivity contribution in [3.8, 4) is 0 Å². The molecule has 0 radical (unpaired) electrons. The largest absolute Gasteiger partial charge is 0.358 e. The van der Waals surface area contributed by atoms with E-state index in [9.17, 15) is 0 Å². The Bertz CT molecular complexity index is 605.